The summed E-state index contributed by atoms with van der Waals surface area (Å²) in [5, 5.41) is 0. The molecule has 1 aliphatic heterocycles. The number of benzene rings is 3. The van der Waals surface area contributed by atoms with Gasteiger partial charge in [0.2, 0.25) is 15.9 Å². The summed E-state index contributed by atoms with van der Waals surface area (Å²) in [7, 11) is -2.39. The maximum absolute atomic E-state index is 13.6. The van der Waals surface area contributed by atoms with Crippen molar-refractivity contribution in [3.63, 3.8) is 0 Å². The lowest BCUT2D eigenvalue weighted by Gasteiger charge is -2.25. The lowest BCUT2D eigenvalue weighted by Crippen LogP contribution is -2.42. The molecule has 33 heavy (non-hydrogen) atoms. The number of methoxy groups -OCH3 is 1. The van der Waals surface area contributed by atoms with Gasteiger partial charge in [0, 0.05) is 23.2 Å². The first kappa shape index (κ1) is 23.5. The van der Waals surface area contributed by atoms with E-state index in [1.54, 1.807) is 31.1 Å². The Hall–Kier alpha value is -2.68. The molecule has 0 unspecified atom stereocenters. The molecule has 172 valence electrons. The largest absolute Gasteiger partial charge is 0.496 e. The smallest absolute Gasteiger partial charge is 0.243 e. The quantitative estimate of drug-likeness (QED) is 0.451. The van der Waals surface area contributed by atoms with Gasteiger partial charge in [-0.25, -0.2) is 8.42 Å². The van der Waals surface area contributed by atoms with Gasteiger partial charge in [-0.1, -0.05) is 46.3 Å². The zero-order chi connectivity index (χ0) is 23.6. The van der Waals surface area contributed by atoms with E-state index in [0.29, 0.717) is 17.9 Å². The summed E-state index contributed by atoms with van der Waals surface area (Å²) in [5.41, 5.74) is 3.43. The minimum Gasteiger partial charge on any atom is -0.496 e. The number of hydrogen-bond donors (Lipinski definition) is 0. The van der Waals surface area contributed by atoms with Gasteiger partial charge in [0.15, 0.2) is 0 Å². The van der Waals surface area contributed by atoms with E-state index in [1.807, 2.05) is 48.5 Å². The SMILES string of the molecule is COc1ccc(S(=O)(=O)N(CC(=O)N2CCc3cc(Br)ccc32)Cc2ccccc2)cc1C. The molecule has 4 rings (SSSR count). The molecule has 1 aliphatic rings. The van der Waals surface area contributed by atoms with Crippen molar-refractivity contribution in [1.82, 2.24) is 4.31 Å². The maximum atomic E-state index is 13.6. The molecule has 0 atom stereocenters. The molecule has 0 saturated heterocycles. The number of anilines is 1. The number of ether oxygens (including phenoxy) is 1. The molecule has 0 bridgehead atoms. The zero-order valence-electron chi connectivity index (χ0n) is 18.5. The fourth-order valence-corrected chi connectivity index (χ4v) is 5.91. The predicted octanol–water partition coefficient (Wildman–Crippen LogP) is 4.55. The molecule has 1 amide bonds. The van der Waals surface area contributed by atoms with E-state index in [9.17, 15) is 13.2 Å². The summed E-state index contributed by atoms with van der Waals surface area (Å²) < 4.78 is 34.8. The topological polar surface area (TPSA) is 66.9 Å². The van der Waals surface area contributed by atoms with Crippen LogP contribution in [0.1, 0.15) is 16.7 Å². The second-order valence-electron chi connectivity index (χ2n) is 7.96. The van der Waals surface area contributed by atoms with Crippen molar-refractivity contribution in [3.8, 4) is 5.75 Å². The van der Waals surface area contributed by atoms with Gasteiger partial charge in [-0.2, -0.15) is 4.31 Å². The zero-order valence-corrected chi connectivity index (χ0v) is 20.9. The first-order valence-corrected chi connectivity index (χ1v) is 12.8. The number of sulfonamides is 1. The Morgan fingerprint density at radius 1 is 1.09 bits per heavy atom. The van der Waals surface area contributed by atoms with E-state index < -0.39 is 10.0 Å². The summed E-state index contributed by atoms with van der Waals surface area (Å²) in [4.78, 5) is 15.1. The van der Waals surface area contributed by atoms with Crippen molar-refractivity contribution in [1.29, 1.82) is 0 Å². The van der Waals surface area contributed by atoms with E-state index in [0.717, 1.165) is 27.7 Å². The monoisotopic (exact) mass is 528 g/mol. The molecular formula is C25H25BrN2O4S. The first-order valence-electron chi connectivity index (χ1n) is 10.6. The second-order valence-corrected chi connectivity index (χ2v) is 10.8. The number of hydrogen-bond acceptors (Lipinski definition) is 4. The van der Waals surface area contributed by atoms with Crippen LogP contribution in [0.3, 0.4) is 0 Å². The van der Waals surface area contributed by atoms with Crippen LogP contribution in [-0.4, -0.2) is 38.8 Å². The molecular weight excluding hydrogens is 504 g/mol. The fourth-order valence-electron chi connectivity index (χ4n) is 4.04. The minimum atomic E-state index is -3.93. The van der Waals surface area contributed by atoms with Crippen LogP contribution in [-0.2, 0) is 27.8 Å². The normalized spacial score (nSPS) is 13.3. The molecule has 0 fully saturated rings. The van der Waals surface area contributed by atoms with Crippen LogP contribution >= 0.6 is 15.9 Å². The Morgan fingerprint density at radius 2 is 1.85 bits per heavy atom. The van der Waals surface area contributed by atoms with Gasteiger partial charge in [-0.3, -0.25) is 4.79 Å². The maximum Gasteiger partial charge on any atom is 0.243 e. The Bertz CT molecular complexity index is 1280. The number of aryl methyl sites for hydroxylation is 1. The Kier molecular flexibility index (Phi) is 6.88. The van der Waals surface area contributed by atoms with E-state index >= 15 is 0 Å². The van der Waals surface area contributed by atoms with Crippen molar-refractivity contribution in [2.24, 2.45) is 0 Å². The van der Waals surface area contributed by atoms with Crippen LogP contribution in [0.5, 0.6) is 5.75 Å². The highest BCUT2D eigenvalue weighted by Crippen LogP contribution is 2.31. The molecule has 3 aromatic carbocycles. The third-order valence-electron chi connectivity index (χ3n) is 5.76. The number of carbonyl (C=O) groups excluding carboxylic acids is 1. The number of carbonyl (C=O) groups is 1. The van der Waals surface area contributed by atoms with Gasteiger partial charge in [-0.15, -0.1) is 0 Å². The van der Waals surface area contributed by atoms with E-state index in [1.165, 1.54) is 10.4 Å². The molecule has 1 heterocycles. The molecule has 0 N–H and O–H groups in total. The summed E-state index contributed by atoms with van der Waals surface area (Å²) >= 11 is 3.47. The summed E-state index contributed by atoms with van der Waals surface area (Å²) in [6.07, 6.45) is 0.740. The van der Waals surface area contributed by atoms with E-state index in [-0.39, 0.29) is 23.9 Å². The highest BCUT2D eigenvalue weighted by Gasteiger charge is 2.31. The average molecular weight is 529 g/mol. The van der Waals surface area contributed by atoms with Crippen LogP contribution in [0.2, 0.25) is 0 Å². The number of nitrogens with zero attached hydrogens (tertiary/aromatic N) is 2. The molecule has 0 aromatic heterocycles. The minimum absolute atomic E-state index is 0.0982. The van der Waals surface area contributed by atoms with Crippen LogP contribution < -0.4 is 9.64 Å². The fraction of sp³-hybridized carbons (Fsp3) is 0.240. The molecule has 3 aromatic rings. The van der Waals surface area contributed by atoms with Crippen molar-refractivity contribution in [3.05, 3.63) is 87.9 Å². The standard InChI is InChI=1S/C25H25BrN2O4S/c1-18-14-22(9-11-24(18)32-2)33(30,31)27(16-19-6-4-3-5-7-19)17-25(29)28-13-12-20-15-21(26)8-10-23(20)28/h3-11,14-15H,12-13,16-17H2,1-2H3. The molecule has 0 saturated carbocycles. The van der Waals surface area contributed by atoms with Crippen molar-refractivity contribution < 1.29 is 17.9 Å². The first-order chi connectivity index (χ1) is 15.8. The summed E-state index contributed by atoms with van der Waals surface area (Å²) in [6.45, 7) is 2.17. The van der Waals surface area contributed by atoms with Gasteiger partial charge < -0.3 is 9.64 Å². The predicted molar refractivity (Wildman–Crippen MR) is 132 cm³/mol. The van der Waals surface area contributed by atoms with Gasteiger partial charge in [0.1, 0.15) is 5.75 Å². The third kappa shape index (κ3) is 4.98. The number of rotatable bonds is 7. The van der Waals surface area contributed by atoms with Crippen LogP contribution in [0.15, 0.2) is 76.1 Å². The molecule has 0 spiro atoms. The van der Waals surface area contributed by atoms with Crippen LogP contribution in [0.25, 0.3) is 0 Å². The second kappa shape index (κ2) is 9.67. The van der Waals surface area contributed by atoms with Crippen LogP contribution in [0, 0.1) is 6.92 Å². The van der Waals surface area contributed by atoms with Gasteiger partial charge >= 0.3 is 0 Å². The molecule has 0 aliphatic carbocycles. The Morgan fingerprint density at radius 3 is 2.55 bits per heavy atom. The number of halogens is 1. The highest BCUT2D eigenvalue weighted by molar-refractivity contribution is 9.10. The lowest BCUT2D eigenvalue weighted by molar-refractivity contribution is -0.118. The average Bonchev–Trinajstić information content (AvgIpc) is 3.22. The summed E-state index contributed by atoms with van der Waals surface area (Å²) in [5.74, 6) is 0.361. The van der Waals surface area contributed by atoms with Gasteiger partial charge in [-0.05, 0) is 66.4 Å². The van der Waals surface area contributed by atoms with Gasteiger partial charge in [0.05, 0.1) is 18.6 Å². The van der Waals surface area contributed by atoms with E-state index in [4.69, 9.17) is 4.74 Å². The number of amides is 1. The van der Waals surface area contributed by atoms with Crippen molar-refractivity contribution in [2.45, 2.75) is 24.8 Å². The van der Waals surface area contributed by atoms with Crippen LogP contribution in [0.4, 0.5) is 5.69 Å². The van der Waals surface area contributed by atoms with E-state index in [2.05, 4.69) is 15.9 Å². The number of fused-ring (bicyclic) bond motifs is 1. The van der Waals surface area contributed by atoms with Crippen molar-refractivity contribution >= 4 is 37.5 Å². The third-order valence-corrected chi connectivity index (χ3v) is 8.04. The highest BCUT2D eigenvalue weighted by atomic mass is 79.9. The Balaban J connectivity index is 1.66. The molecule has 8 heteroatoms. The Labute approximate surface area is 203 Å². The lowest BCUT2D eigenvalue weighted by atomic mass is 10.2. The summed E-state index contributed by atoms with van der Waals surface area (Å²) in [6, 6.07) is 19.8. The molecule has 0 radical (unpaired) electrons. The molecule has 6 nitrogen and oxygen atoms in total. The van der Waals surface area contributed by atoms with Gasteiger partial charge in [0.25, 0.3) is 0 Å². The van der Waals surface area contributed by atoms with Crippen molar-refractivity contribution in [2.75, 3.05) is 25.1 Å².